The molecule has 0 aromatic carbocycles. The molecule has 0 aromatic heterocycles. The molecule has 0 spiro atoms. The van der Waals surface area contributed by atoms with Crippen molar-refractivity contribution in [2.45, 2.75) is 19.8 Å². The lowest BCUT2D eigenvalue weighted by Gasteiger charge is -2.06. The zero-order valence-electron chi connectivity index (χ0n) is 8.84. The topological polar surface area (TPSA) is 50.4 Å². The van der Waals surface area contributed by atoms with Gasteiger partial charge in [0.25, 0.3) is 0 Å². The number of nitrogens with one attached hydrogen (secondary N) is 2. The van der Waals surface area contributed by atoms with Gasteiger partial charge < -0.3 is 15.4 Å². The highest BCUT2D eigenvalue weighted by Crippen LogP contribution is 1.81. The predicted octanol–water partition coefficient (Wildman–Crippen LogP) is 1.29. The molecule has 0 rings (SSSR count). The quantitative estimate of drug-likeness (QED) is 0.458. The number of amides is 2. The van der Waals surface area contributed by atoms with Crippen molar-refractivity contribution < 1.29 is 9.53 Å². The lowest BCUT2D eigenvalue weighted by Crippen LogP contribution is -2.37. The number of carbonyl (C=O) groups excluding carboxylic acids is 1. The highest BCUT2D eigenvalue weighted by molar-refractivity contribution is 5.73. The Morgan fingerprint density at radius 3 is 2.71 bits per heavy atom. The Labute approximate surface area is 85.7 Å². The van der Waals surface area contributed by atoms with Crippen LogP contribution in [0.3, 0.4) is 0 Å². The molecule has 4 nitrogen and oxygen atoms in total. The van der Waals surface area contributed by atoms with Crippen LogP contribution >= 0.6 is 0 Å². The summed E-state index contributed by atoms with van der Waals surface area (Å²) in [6.45, 7) is 8.07. The third-order valence-corrected chi connectivity index (χ3v) is 1.53. The van der Waals surface area contributed by atoms with Gasteiger partial charge in [-0.3, -0.25) is 0 Å². The summed E-state index contributed by atoms with van der Waals surface area (Å²) < 4.78 is 5.22. The standard InChI is InChI=1S/C10H20N2O2/c1-3-5-8-14-9-7-12-10(13)11-6-4-2/h3H,1,4-9H2,2H3,(H2,11,12,13). The SMILES string of the molecule is C=CCCOCCNC(=O)NCCC. The van der Waals surface area contributed by atoms with E-state index in [1.807, 2.05) is 6.92 Å². The Balaban J connectivity index is 3.10. The number of carbonyl (C=O) groups is 1. The van der Waals surface area contributed by atoms with Gasteiger partial charge >= 0.3 is 6.03 Å². The van der Waals surface area contributed by atoms with E-state index in [4.69, 9.17) is 4.74 Å². The van der Waals surface area contributed by atoms with Crippen LogP contribution in [0.4, 0.5) is 4.79 Å². The molecule has 82 valence electrons. The van der Waals surface area contributed by atoms with Crippen LogP contribution in [0, 0.1) is 0 Å². The van der Waals surface area contributed by atoms with Crippen LogP contribution in [-0.4, -0.2) is 32.3 Å². The maximum atomic E-state index is 11.0. The zero-order chi connectivity index (χ0) is 10.6. The Bertz CT molecular complexity index is 160. The first-order valence-corrected chi connectivity index (χ1v) is 5.01. The highest BCUT2D eigenvalue weighted by Gasteiger charge is 1.96. The molecule has 4 heteroatoms. The van der Waals surface area contributed by atoms with Crippen LogP contribution in [0.25, 0.3) is 0 Å². The van der Waals surface area contributed by atoms with Gasteiger partial charge in [-0.1, -0.05) is 13.0 Å². The fraction of sp³-hybridized carbons (Fsp3) is 0.700. The summed E-state index contributed by atoms with van der Waals surface area (Å²) in [6.07, 6.45) is 3.60. The molecule has 2 N–H and O–H groups in total. The summed E-state index contributed by atoms with van der Waals surface area (Å²) >= 11 is 0. The molecule has 0 aliphatic carbocycles. The second-order valence-electron chi connectivity index (χ2n) is 2.87. The molecule has 0 aliphatic heterocycles. The van der Waals surface area contributed by atoms with Crippen molar-refractivity contribution in [1.29, 1.82) is 0 Å². The zero-order valence-corrected chi connectivity index (χ0v) is 8.84. The normalized spacial score (nSPS) is 9.50. The molecule has 0 fully saturated rings. The number of urea groups is 1. The predicted molar refractivity (Wildman–Crippen MR) is 57.3 cm³/mol. The molecular weight excluding hydrogens is 180 g/mol. The Kier molecular flexibility index (Phi) is 9.31. The summed E-state index contributed by atoms with van der Waals surface area (Å²) in [6, 6.07) is -0.126. The minimum absolute atomic E-state index is 0.126. The third-order valence-electron chi connectivity index (χ3n) is 1.53. The minimum Gasteiger partial charge on any atom is -0.379 e. The Morgan fingerprint density at radius 1 is 1.36 bits per heavy atom. The second kappa shape index (κ2) is 10.1. The lowest BCUT2D eigenvalue weighted by atomic mass is 10.4. The van der Waals surface area contributed by atoms with Gasteiger partial charge in [0.2, 0.25) is 0 Å². The fourth-order valence-corrected chi connectivity index (χ4v) is 0.806. The third kappa shape index (κ3) is 9.06. The van der Waals surface area contributed by atoms with Gasteiger partial charge in [-0.25, -0.2) is 4.79 Å². The maximum Gasteiger partial charge on any atom is 0.314 e. The first-order chi connectivity index (χ1) is 6.81. The van der Waals surface area contributed by atoms with Crippen molar-refractivity contribution in [2.24, 2.45) is 0 Å². The first kappa shape index (κ1) is 13.0. The van der Waals surface area contributed by atoms with Crippen LogP contribution < -0.4 is 10.6 Å². The number of ether oxygens (including phenoxy) is 1. The van der Waals surface area contributed by atoms with E-state index in [9.17, 15) is 4.79 Å². The summed E-state index contributed by atoms with van der Waals surface area (Å²) in [5.74, 6) is 0. The lowest BCUT2D eigenvalue weighted by molar-refractivity contribution is 0.141. The van der Waals surface area contributed by atoms with E-state index in [0.717, 1.165) is 12.8 Å². The van der Waals surface area contributed by atoms with Crippen molar-refractivity contribution in [1.82, 2.24) is 10.6 Å². The van der Waals surface area contributed by atoms with Gasteiger partial charge in [0.05, 0.1) is 13.2 Å². The Morgan fingerprint density at radius 2 is 2.07 bits per heavy atom. The van der Waals surface area contributed by atoms with E-state index in [0.29, 0.717) is 26.3 Å². The summed E-state index contributed by atoms with van der Waals surface area (Å²) in [4.78, 5) is 11.0. The molecule has 0 radical (unpaired) electrons. The minimum atomic E-state index is -0.126. The number of hydrogen-bond acceptors (Lipinski definition) is 2. The number of hydrogen-bond donors (Lipinski definition) is 2. The molecule has 2 amide bonds. The van der Waals surface area contributed by atoms with E-state index >= 15 is 0 Å². The van der Waals surface area contributed by atoms with E-state index in [2.05, 4.69) is 17.2 Å². The smallest absolute Gasteiger partial charge is 0.314 e. The molecule has 14 heavy (non-hydrogen) atoms. The highest BCUT2D eigenvalue weighted by atomic mass is 16.5. The van der Waals surface area contributed by atoms with Crippen LogP contribution in [0.2, 0.25) is 0 Å². The van der Waals surface area contributed by atoms with Gasteiger partial charge in [0.1, 0.15) is 0 Å². The average Bonchev–Trinajstić information content (AvgIpc) is 2.20. The number of rotatable bonds is 8. The van der Waals surface area contributed by atoms with Crippen molar-refractivity contribution in [3.05, 3.63) is 12.7 Å². The molecule has 0 aromatic rings. The van der Waals surface area contributed by atoms with Crippen LogP contribution in [0.5, 0.6) is 0 Å². The van der Waals surface area contributed by atoms with Gasteiger partial charge in [-0.2, -0.15) is 0 Å². The largest absolute Gasteiger partial charge is 0.379 e. The van der Waals surface area contributed by atoms with Gasteiger partial charge in [0.15, 0.2) is 0 Å². The average molecular weight is 200 g/mol. The second-order valence-corrected chi connectivity index (χ2v) is 2.87. The molecule has 0 saturated heterocycles. The van der Waals surface area contributed by atoms with Gasteiger partial charge in [-0.15, -0.1) is 6.58 Å². The molecule has 0 saturated carbocycles. The summed E-state index contributed by atoms with van der Waals surface area (Å²) in [5.41, 5.74) is 0. The van der Waals surface area contributed by atoms with Crippen molar-refractivity contribution in [3.8, 4) is 0 Å². The van der Waals surface area contributed by atoms with Gasteiger partial charge in [0, 0.05) is 13.1 Å². The fourth-order valence-electron chi connectivity index (χ4n) is 0.806. The van der Waals surface area contributed by atoms with E-state index in [1.54, 1.807) is 6.08 Å². The van der Waals surface area contributed by atoms with E-state index < -0.39 is 0 Å². The molecule has 0 atom stereocenters. The molecule has 0 aliphatic rings. The van der Waals surface area contributed by atoms with E-state index in [-0.39, 0.29) is 6.03 Å². The van der Waals surface area contributed by atoms with Crippen molar-refractivity contribution in [2.75, 3.05) is 26.3 Å². The van der Waals surface area contributed by atoms with Gasteiger partial charge in [-0.05, 0) is 12.8 Å². The van der Waals surface area contributed by atoms with Crippen molar-refractivity contribution in [3.63, 3.8) is 0 Å². The molecule has 0 unspecified atom stereocenters. The Hall–Kier alpha value is -1.03. The summed E-state index contributed by atoms with van der Waals surface area (Å²) in [7, 11) is 0. The molecule has 0 bridgehead atoms. The molecular formula is C10H20N2O2. The maximum absolute atomic E-state index is 11.0. The summed E-state index contributed by atoms with van der Waals surface area (Å²) in [5, 5.41) is 5.41. The monoisotopic (exact) mass is 200 g/mol. The first-order valence-electron chi connectivity index (χ1n) is 5.01. The van der Waals surface area contributed by atoms with Crippen LogP contribution in [0.1, 0.15) is 19.8 Å². The van der Waals surface area contributed by atoms with E-state index in [1.165, 1.54) is 0 Å². The van der Waals surface area contributed by atoms with Crippen molar-refractivity contribution >= 4 is 6.03 Å². The molecule has 0 heterocycles. The van der Waals surface area contributed by atoms with Crippen LogP contribution in [0.15, 0.2) is 12.7 Å². The van der Waals surface area contributed by atoms with Crippen LogP contribution in [-0.2, 0) is 4.74 Å².